The van der Waals surface area contributed by atoms with Gasteiger partial charge in [0.2, 0.25) is 10.0 Å². The first-order valence-corrected chi connectivity index (χ1v) is 9.10. The summed E-state index contributed by atoms with van der Waals surface area (Å²) in [5.41, 5.74) is 0.291. The first kappa shape index (κ1) is 16.2. The molecule has 6 nitrogen and oxygen atoms in total. The Balaban J connectivity index is 2.13. The van der Waals surface area contributed by atoms with Gasteiger partial charge in [0.1, 0.15) is 10.6 Å². The molecule has 0 radical (unpaired) electrons. The highest BCUT2D eigenvalue weighted by molar-refractivity contribution is 9.10. The number of amides is 1. The van der Waals surface area contributed by atoms with Crippen LogP contribution in [-0.2, 0) is 23.6 Å². The number of carbonyl (C=O) groups excluding carboxylic acids is 1. The fourth-order valence-electron chi connectivity index (χ4n) is 1.73. The van der Waals surface area contributed by atoms with Gasteiger partial charge in [-0.2, -0.15) is 0 Å². The third-order valence-electron chi connectivity index (χ3n) is 2.84. The Morgan fingerprint density at radius 2 is 2.14 bits per heavy atom. The first-order valence-electron chi connectivity index (χ1n) is 5.94. The van der Waals surface area contributed by atoms with Gasteiger partial charge in [-0.15, -0.1) is 11.3 Å². The van der Waals surface area contributed by atoms with Crippen molar-refractivity contribution >= 4 is 43.2 Å². The summed E-state index contributed by atoms with van der Waals surface area (Å²) in [7, 11) is -0.592. The van der Waals surface area contributed by atoms with E-state index < -0.39 is 10.0 Å². The van der Waals surface area contributed by atoms with Gasteiger partial charge in [0.15, 0.2) is 0 Å². The molecule has 2 heterocycles. The number of rotatable bonds is 5. The molecule has 0 atom stereocenters. The summed E-state index contributed by atoms with van der Waals surface area (Å²) in [5, 5.41) is 4.70. The fourth-order valence-corrected chi connectivity index (χ4v) is 3.92. The summed E-state index contributed by atoms with van der Waals surface area (Å²) < 4.78 is 28.1. The summed E-state index contributed by atoms with van der Waals surface area (Å²) in [6.07, 6.45) is 1.41. The minimum Gasteiger partial charge on any atom is -0.346 e. The molecular formula is C12H14BrN3O3S2. The number of hydrogen-bond donors (Lipinski definition) is 2. The molecule has 0 bridgehead atoms. The van der Waals surface area contributed by atoms with Crippen LogP contribution in [0.15, 0.2) is 33.1 Å². The second kappa shape index (κ2) is 6.30. The predicted octanol–water partition coefficient (Wildman–Crippen LogP) is 1.69. The lowest BCUT2D eigenvalue weighted by Crippen LogP contribution is -2.24. The van der Waals surface area contributed by atoms with Crippen molar-refractivity contribution in [2.45, 2.75) is 11.4 Å². The zero-order valence-electron chi connectivity index (χ0n) is 11.4. The summed E-state index contributed by atoms with van der Waals surface area (Å²) >= 11 is 4.88. The smallest absolute Gasteiger partial charge is 0.268 e. The lowest BCUT2D eigenvalue weighted by Gasteiger charge is -2.04. The Kier molecular flexibility index (Phi) is 4.87. The highest BCUT2D eigenvalue weighted by Crippen LogP contribution is 2.19. The van der Waals surface area contributed by atoms with E-state index in [1.165, 1.54) is 35.2 Å². The molecule has 2 aromatic heterocycles. The van der Waals surface area contributed by atoms with Gasteiger partial charge in [0.25, 0.3) is 5.91 Å². The van der Waals surface area contributed by atoms with Crippen molar-refractivity contribution in [3.05, 3.63) is 38.8 Å². The van der Waals surface area contributed by atoms with Crippen molar-refractivity contribution in [2.24, 2.45) is 7.05 Å². The van der Waals surface area contributed by atoms with E-state index in [4.69, 9.17) is 0 Å². The van der Waals surface area contributed by atoms with Crippen LogP contribution in [-0.4, -0.2) is 25.9 Å². The quantitative estimate of drug-likeness (QED) is 0.813. The van der Waals surface area contributed by atoms with E-state index in [9.17, 15) is 13.2 Å². The third kappa shape index (κ3) is 3.73. The minimum atomic E-state index is -3.55. The molecule has 0 aromatic carbocycles. The Morgan fingerprint density at radius 3 is 2.71 bits per heavy atom. The topological polar surface area (TPSA) is 80.2 Å². The maximum atomic E-state index is 12.1. The van der Waals surface area contributed by atoms with E-state index in [2.05, 4.69) is 26.0 Å². The normalized spacial score (nSPS) is 11.6. The second-order valence-electron chi connectivity index (χ2n) is 4.29. The van der Waals surface area contributed by atoms with Crippen LogP contribution >= 0.6 is 27.3 Å². The van der Waals surface area contributed by atoms with Gasteiger partial charge in [-0.25, -0.2) is 13.1 Å². The minimum absolute atomic E-state index is 0.0662. The summed E-state index contributed by atoms with van der Waals surface area (Å²) in [6, 6.07) is 3.28. The summed E-state index contributed by atoms with van der Waals surface area (Å²) in [6.45, 7) is 0.397. The van der Waals surface area contributed by atoms with Crippen LogP contribution < -0.4 is 10.0 Å². The van der Waals surface area contributed by atoms with E-state index >= 15 is 0 Å². The molecule has 21 heavy (non-hydrogen) atoms. The number of aryl methyl sites for hydroxylation is 1. The number of sulfonamides is 1. The van der Waals surface area contributed by atoms with Gasteiger partial charge in [-0.1, -0.05) is 0 Å². The first-order chi connectivity index (χ1) is 9.83. The lowest BCUT2D eigenvalue weighted by atomic mass is 10.4. The molecule has 9 heteroatoms. The SMILES string of the molecule is CNS(=O)(=O)c1cc(C(=O)NCc2cc(Br)cs2)n(C)c1. The number of nitrogens with one attached hydrogen (secondary N) is 2. The molecule has 114 valence electrons. The van der Waals surface area contributed by atoms with Crippen LogP contribution in [0.25, 0.3) is 0 Å². The standard InChI is InChI=1S/C12H14BrN3O3S2/c1-14-21(18,19)10-4-11(16(2)6-10)12(17)15-5-9-3-8(13)7-20-9/h3-4,6-7,14H,5H2,1-2H3,(H,15,17). The zero-order valence-corrected chi connectivity index (χ0v) is 14.6. The van der Waals surface area contributed by atoms with Crippen LogP contribution in [0.1, 0.15) is 15.4 Å². The van der Waals surface area contributed by atoms with Crippen molar-refractivity contribution in [1.29, 1.82) is 0 Å². The van der Waals surface area contributed by atoms with Gasteiger partial charge >= 0.3 is 0 Å². The number of nitrogens with zero attached hydrogens (tertiary/aromatic N) is 1. The number of thiophene rings is 1. The van der Waals surface area contributed by atoms with Crippen LogP contribution in [0.4, 0.5) is 0 Å². The largest absolute Gasteiger partial charge is 0.346 e. The highest BCUT2D eigenvalue weighted by Gasteiger charge is 2.19. The fraction of sp³-hybridized carbons (Fsp3) is 0.250. The predicted molar refractivity (Wildman–Crippen MR) is 84.8 cm³/mol. The Morgan fingerprint density at radius 1 is 1.43 bits per heavy atom. The van der Waals surface area contributed by atoms with E-state index in [0.717, 1.165) is 9.35 Å². The van der Waals surface area contributed by atoms with Crippen molar-refractivity contribution < 1.29 is 13.2 Å². The summed E-state index contributed by atoms with van der Waals surface area (Å²) in [4.78, 5) is 13.2. The summed E-state index contributed by atoms with van der Waals surface area (Å²) in [5.74, 6) is -0.320. The van der Waals surface area contributed by atoms with Crippen molar-refractivity contribution in [2.75, 3.05) is 7.05 Å². The molecular weight excluding hydrogens is 378 g/mol. The van der Waals surface area contributed by atoms with Crippen LogP contribution in [0.2, 0.25) is 0 Å². The van der Waals surface area contributed by atoms with E-state index in [-0.39, 0.29) is 10.8 Å². The lowest BCUT2D eigenvalue weighted by molar-refractivity contribution is 0.0943. The molecule has 0 saturated carbocycles. The maximum absolute atomic E-state index is 12.1. The Hall–Kier alpha value is -1.16. The van der Waals surface area contributed by atoms with Gasteiger partial charge in [0.05, 0.1) is 6.54 Å². The Labute approximate surface area is 135 Å². The van der Waals surface area contributed by atoms with E-state index in [1.54, 1.807) is 7.05 Å². The number of carbonyl (C=O) groups is 1. The van der Waals surface area contributed by atoms with Crippen molar-refractivity contribution in [1.82, 2.24) is 14.6 Å². The molecule has 2 aromatic rings. The second-order valence-corrected chi connectivity index (χ2v) is 8.09. The molecule has 2 rings (SSSR count). The highest BCUT2D eigenvalue weighted by atomic mass is 79.9. The zero-order chi connectivity index (χ0) is 15.6. The average molecular weight is 392 g/mol. The molecule has 2 N–H and O–H groups in total. The molecule has 1 amide bonds. The number of hydrogen-bond acceptors (Lipinski definition) is 4. The maximum Gasteiger partial charge on any atom is 0.268 e. The van der Waals surface area contributed by atoms with Crippen LogP contribution in [0, 0.1) is 0 Å². The van der Waals surface area contributed by atoms with Crippen LogP contribution in [0.3, 0.4) is 0 Å². The molecule has 0 aliphatic rings. The van der Waals surface area contributed by atoms with Gasteiger partial charge < -0.3 is 9.88 Å². The van der Waals surface area contributed by atoms with Gasteiger partial charge in [0, 0.05) is 28.0 Å². The molecule has 0 unspecified atom stereocenters. The monoisotopic (exact) mass is 391 g/mol. The molecule has 0 aliphatic carbocycles. The van der Waals surface area contributed by atoms with Gasteiger partial charge in [-0.05, 0) is 35.1 Å². The van der Waals surface area contributed by atoms with Crippen LogP contribution in [0.5, 0.6) is 0 Å². The average Bonchev–Trinajstić information content (AvgIpc) is 3.02. The molecule has 0 aliphatic heterocycles. The van der Waals surface area contributed by atoms with Crippen molar-refractivity contribution in [3.63, 3.8) is 0 Å². The Bertz CT molecular complexity index is 765. The number of aromatic nitrogens is 1. The van der Waals surface area contributed by atoms with E-state index in [0.29, 0.717) is 12.2 Å². The molecule has 0 fully saturated rings. The van der Waals surface area contributed by atoms with Gasteiger partial charge in [-0.3, -0.25) is 4.79 Å². The molecule has 0 spiro atoms. The third-order valence-corrected chi connectivity index (χ3v) is 5.92. The van der Waals surface area contributed by atoms with E-state index in [1.807, 2.05) is 11.4 Å². The number of halogens is 1. The van der Waals surface area contributed by atoms with Crippen molar-refractivity contribution in [3.8, 4) is 0 Å². The molecule has 0 saturated heterocycles.